The van der Waals surface area contributed by atoms with Gasteiger partial charge in [0.2, 0.25) is 5.91 Å². The van der Waals surface area contributed by atoms with E-state index in [1.165, 1.54) is 32.1 Å². The van der Waals surface area contributed by atoms with Crippen molar-refractivity contribution in [1.82, 2.24) is 5.32 Å². The van der Waals surface area contributed by atoms with Gasteiger partial charge in [0.25, 0.3) is 0 Å². The maximum Gasteiger partial charge on any atom is 0.219 e. The molecule has 0 heterocycles. The second-order valence-corrected chi connectivity index (χ2v) is 5.27. The molecule has 0 aromatic rings. The molecule has 1 N–H and O–H groups in total. The lowest BCUT2D eigenvalue weighted by Crippen LogP contribution is -2.16. The number of allylic oxidation sites excluding steroid dienone is 6. The fraction of sp³-hybridized carbons (Fsp3) is 0.632. The minimum Gasteiger partial charge on any atom is -0.359 e. The highest BCUT2D eigenvalue weighted by molar-refractivity contribution is 5.75. The fourth-order valence-electron chi connectivity index (χ4n) is 2.03. The minimum atomic E-state index is 0.163. The van der Waals surface area contributed by atoms with Crippen molar-refractivity contribution in [2.45, 2.75) is 71.1 Å². The summed E-state index contributed by atoms with van der Waals surface area (Å²) in [6, 6.07) is 0. The zero-order chi connectivity index (χ0) is 15.6. The number of carbonyl (C=O) groups is 1. The first-order chi connectivity index (χ1) is 10.3. The molecule has 0 unspecified atom stereocenters. The number of nitrogens with one attached hydrogen (secondary N) is 1. The van der Waals surface area contributed by atoms with Crippen LogP contribution in [0.3, 0.4) is 0 Å². The van der Waals surface area contributed by atoms with E-state index in [0.29, 0.717) is 6.42 Å². The summed E-state index contributed by atoms with van der Waals surface area (Å²) < 4.78 is 0. The van der Waals surface area contributed by atoms with Crippen LogP contribution in [0.15, 0.2) is 36.5 Å². The van der Waals surface area contributed by atoms with Crippen LogP contribution in [0, 0.1) is 0 Å². The lowest BCUT2D eigenvalue weighted by molar-refractivity contribution is -0.120. The maximum atomic E-state index is 11.0. The van der Waals surface area contributed by atoms with Gasteiger partial charge in [-0.2, -0.15) is 0 Å². The highest BCUT2D eigenvalue weighted by Gasteiger charge is 1.96. The summed E-state index contributed by atoms with van der Waals surface area (Å²) in [5.41, 5.74) is 0. The lowest BCUT2D eigenvalue weighted by Gasteiger charge is -2.00. The molecular weight excluding hydrogens is 258 g/mol. The summed E-state index contributed by atoms with van der Waals surface area (Å²) in [6.45, 7) is 2.16. The Labute approximate surface area is 131 Å². The van der Waals surface area contributed by atoms with Gasteiger partial charge >= 0.3 is 0 Å². The first-order valence-corrected chi connectivity index (χ1v) is 8.46. The maximum absolute atomic E-state index is 11.0. The Bertz CT molecular complexity index is 316. The molecule has 0 rings (SSSR count). The minimum absolute atomic E-state index is 0.163. The number of rotatable bonds is 13. The Morgan fingerprint density at radius 1 is 0.810 bits per heavy atom. The van der Waals surface area contributed by atoms with E-state index in [2.05, 4.69) is 48.7 Å². The lowest BCUT2D eigenvalue weighted by atomic mass is 10.1. The molecule has 2 heteroatoms. The van der Waals surface area contributed by atoms with Crippen molar-refractivity contribution >= 4 is 5.91 Å². The van der Waals surface area contributed by atoms with Crippen molar-refractivity contribution in [3.63, 3.8) is 0 Å². The van der Waals surface area contributed by atoms with Crippen LogP contribution in [0.25, 0.3) is 0 Å². The first kappa shape index (κ1) is 19.7. The summed E-state index contributed by atoms with van der Waals surface area (Å²) in [5, 5.41) is 2.66. The average molecular weight is 291 g/mol. The molecule has 0 aromatic carbocycles. The van der Waals surface area contributed by atoms with Gasteiger partial charge in [-0.3, -0.25) is 4.79 Å². The van der Waals surface area contributed by atoms with Crippen LogP contribution >= 0.6 is 0 Å². The average Bonchev–Trinajstić information content (AvgIpc) is 2.50. The van der Waals surface area contributed by atoms with Crippen LogP contribution in [0.1, 0.15) is 71.1 Å². The topological polar surface area (TPSA) is 29.1 Å². The Hall–Kier alpha value is -1.31. The van der Waals surface area contributed by atoms with Gasteiger partial charge in [0, 0.05) is 13.5 Å². The number of hydrogen-bond acceptors (Lipinski definition) is 1. The van der Waals surface area contributed by atoms with Crippen LogP contribution < -0.4 is 5.32 Å². The van der Waals surface area contributed by atoms with E-state index in [-0.39, 0.29) is 5.91 Å². The molecule has 0 saturated heterocycles. The molecule has 1 amide bonds. The van der Waals surface area contributed by atoms with E-state index in [0.717, 1.165) is 25.7 Å². The fourth-order valence-corrected chi connectivity index (χ4v) is 2.03. The van der Waals surface area contributed by atoms with Crippen molar-refractivity contribution in [2.75, 3.05) is 7.05 Å². The summed E-state index contributed by atoms with van der Waals surface area (Å²) in [6.07, 6.45) is 24.5. The molecule has 2 nitrogen and oxygen atoms in total. The molecule has 0 bridgehead atoms. The van der Waals surface area contributed by atoms with Gasteiger partial charge in [-0.25, -0.2) is 0 Å². The van der Waals surface area contributed by atoms with Crippen LogP contribution in [-0.4, -0.2) is 13.0 Å². The number of hydrogen-bond donors (Lipinski definition) is 1. The zero-order valence-electron chi connectivity index (χ0n) is 13.9. The van der Waals surface area contributed by atoms with Crippen LogP contribution in [-0.2, 0) is 4.79 Å². The third kappa shape index (κ3) is 16.6. The van der Waals surface area contributed by atoms with Gasteiger partial charge in [0.05, 0.1) is 0 Å². The normalized spacial score (nSPS) is 11.9. The SMILES string of the molecule is CC/C=C\C/C=C\C/C=C\CCCCCCCC(=O)NC. The van der Waals surface area contributed by atoms with E-state index >= 15 is 0 Å². The van der Waals surface area contributed by atoms with Gasteiger partial charge in [0.15, 0.2) is 0 Å². The summed E-state index contributed by atoms with van der Waals surface area (Å²) in [7, 11) is 1.70. The van der Waals surface area contributed by atoms with Crippen molar-refractivity contribution in [3.8, 4) is 0 Å². The van der Waals surface area contributed by atoms with Gasteiger partial charge in [0.1, 0.15) is 0 Å². The second-order valence-electron chi connectivity index (χ2n) is 5.27. The molecule has 0 aliphatic rings. The molecule has 21 heavy (non-hydrogen) atoms. The number of carbonyl (C=O) groups excluding carboxylic acids is 1. The van der Waals surface area contributed by atoms with Crippen molar-refractivity contribution < 1.29 is 4.79 Å². The van der Waals surface area contributed by atoms with E-state index in [4.69, 9.17) is 0 Å². The highest BCUT2D eigenvalue weighted by Crippen LogP contribution is 2.07. The predicted molar refractivity (Wildman–Crippen MR) is 93.3 cm³/mol. The third-order valence-corrected chi connectivity index (χ3v) is 3.33. The molecule has 0 fully saturated rings. The summed E-state index contributed by atoms with van der Waals surface area (Å²) in [4.78, 5) is 11.0. The Kier molecular flexibility index (Phi) is 15.7. The Balaban J connectivity index is 3.25. The van der Waals surface area contributed by atoms with Gasteiger partial charge < -0.3 is 5.32 Å². The van der Waals surface area contributed by atoms with Crippen molar-refractivity contribution in [3.05, 3.63) is 36.5 Å². The van der Waals surface area contributed by atoms with E-state index < -0.39 is 0 Å². The van der Waals surface area contributed by atoms with E-state index in [1.807, 2.05) is 0 Å². The molecule has 0 aliphatic heterocycles. The first-order valence-electron chi connectivity index (χ1n) is 8.46. The van der Waals surface area contributed by atoms with Crippen molar-refractivity contribution in [1.29, 1.82) is 0 Å². The predicted octanol–water partition coefficient (Wildman–Crippen LogP) is 5.32. The Morgan fingerprint density at radius 2 is 1.38 bits per heavy atom. The van der Waals surface area contributed by atoms with Crippen LogP contribution in [0.4, 0.5) is 0 Å². The molecule has 0 aromatic heterocycles. The molecule has 0 radical (unpaired) electrons. The van der Waals surface area contributed by atoms with Crippen LogP contribution in [0.5, 0.6) is 0 Å². The number of amides is 1. The molecule has 0 atom stereocenters. The highest BCUT2D eigenvalue weighted by atomic mass is 16.1. The monoisotopic (exact) mass is 291 g/mol. The van der Waals surface area contributed by atoms with Gasteiger partial charge in [-0.15, -0.1) is 0 Å². The largest absolute Gasteiger partial charge is 0.359 e. The van der Waals surface area contributed by atoms with Gasteiger partial charge in [-0.05, 0) is 38.5 Å². The van der Waals surface area contributed by atoms with Crippen LogP contribution in [0.2, 0.25) is 0 Å². The summed E-state index contributed by atoms with van der Waals surface area (Å²) in [5.74, 6) is 0.163. The second kappa shape index (κ2) is 16.7. The smallest absolute Gasteiger partial charge is 0.219 e. The third-order valence-electron chi connectivity index (χ3n) is 3.33. The summed E-state index contributed by atoms with van der Waals surface area (Å²) >= 11 is 0. The standard InChI is InChI=1S/C19H33NO/c1-3-4-5-6-7-8-9-10-11-12-13-14-15-16-17-18-19(21)20-2/h4-5,7-8,10-11H,3,6,9,12-18H2,1-2H3,(H,20,21)/b5-4-,8-7-,11-10-. The van der Waals surface area contributed by atoms with Gasteiger partial charge in [-0.1, -0.05) is 62.6 Å². The Morgan fingerprint density at radius 3 is 2.05 bits per heavy atom. The molecular formula is C19H33NO. The molecule has 0 saturated carbocycles. The molecule has 0 spiro atoms. The number of unbranched alkanes of at least 4 members (excludes halogenated alkanes) is 5. The zero-order valence-corrected chi connectivity index (χ0v) is 13.9. The van der Waals surface area contributed by atoms with Crippen molar-refractivity contribution in [2.24, 2.45) is 0 Å². The molecule has 0 aliphatic carbocycles. The quantitative estimate of drug-likeness (QED) is 0.361. The molecule has 120 valence electrons. The van der Waals surface area contributed by atoms with E-state index in [1.54, 1.807) is 7.05 Å². The van der Waals surface area contributed by atoms with E-state index in [9.17, 15) is 4.79 Å².